The minimum absolute atomic E-state index is 0.00202. The van der Waals surface area contributed by atoms with Crippen LogP contribution in [0.2, 0.25) is 5.15 Å². The Labute approximate surface area is 130 Å². The SMILES string of the molecule is CC1CCC(C(C)C)C(Oc2nc(Cl)ccc2C(=O)O)C1. The number of hydrogen-bond donors (Lipinski definition) is 1. The molecule has 21 heavy (non-hydrogen) atoms. The lowest BCUT2D eigenvalue weighted by molar-refractivity contribution is 0.0404. The third-order valence-electron chi connectivity index (χ3n) is 4.28. The van der Waals surface area contributed by atoms with E-state index in [0.29, 0.717) is 17.8 Å². The fourth-order valence-corrected chi connectivity index (χ4v) is 3.20. The lowest BCUT2D eigenvalue weighted by atomic mass is 9.75. The molecule has 1 aliphatic carbocycles. The molecule has 116 valence electrons. The summed E-state index contributed by atoms with van der Waals surface area (Å²) in [6, 6.07) is 2.92. The van der Waals surface area contributed by atoms with E-state index in [-0.39, 0.29) is 22.7 Å². The van der Waals surface area contributed by atoms with Crippen molar-refractivity contribution < 1.29 is 14.6 Å². The predicted octanol–water partition coefficient (Wildman–Crippen LogP) is 4.27. The highest BCUT2D eigenvalue weighted by atomic mass is 35.5. The van der Waals surface area contributed by atoms with Crippen molar-refractivity contribution in [3.8, 4) is 5.88 Å². The molecule has 5 heteroatoms. The Morgan fingerprint density at radius 1 is 1.43 bits per heavy atom. The summed E-state index contributed by atoms with van der Waals surface area (Å²) >= 11 is 5.88. The van der Waals surface area contributed by atoms with E-state index in [0.717, 1.165) is 12.8 Å². The molecule has 2 rings (SSSR count). The topological polar surface area (TPSA) is 59.4 Å². The molecule has 0 saturated heterocycles. The van der Waals surface area contributed by atoms with Gasteiger partial charge < -0.3 is 9.84 Å². The number of aromatic nitrogens is 1. The third kappa shape index (κ3) is 3.88. The van der Waals surface area contributed by atoms with E-state index in [2.05, 4.69) is 25.8 Å². The van der Waals surface area contributed by atoms with Crippen molar-refractivity contribution >= 4 is 17.6 Å². The number of nitrogens with zero attached hydrogens (tertiary/aromatic N) is 1. The highest BCUT2D eigenvalue weighted by Crippen LogP contribution is 2.36. The quantitative estimate of drug-likeness (QED) is 0.843. The van der Waals surface area contributed by atoms with Crippen LogP contribution in [0.1, 0.15) is 50.4 Å². The van der Waals surface area contributed by atoms with Gasteiger partial charge in [-0.3, -0.25) is 0 Å². The van der Waals surface area contributed by atoms with Crippen LogP contribution in [0.5, 0.6) is 5.88 Å². The van der Waals surface area contributed by atoms with Gasteiger partial charge in [0.25, 0.3) is 0 Å². The van der Waals surface area contributed by atoms with Crippen LogP contribution < -0.4 is 4.74 Å². The molecular weight excluding hydrogens is 290 g/mol. The molecule has 1 N–H and O–H groups in total. The van der Waals surface area contributed by atoms with E-state index in [9.17, 15) is 9.90 Å². The maximum absolute atomic E-state index is 11.3. The fourth-order valence-electron chi connectivity index (χ4n) is 3.06. The number of carboxylic acids is 1. The van der Waals surface area contributed by atoms with Gasteiger partial charge in [0.1, 0.15) is 16.8 Å². The van der Waals surface area contributed by atoms with Crippen molar-refractivity contribution in [3.63, 3.8) is 0 Å². The Hall–Kier alpha value is -1.29. The van der Waals surface area contributed by atoms with Crippen molar-refractivity contribution in [1.29, 1.82) is 0 Å². The number of halogens is 1. The molecule has 1 aliphatic rings. The smallest absolute Gasteiger partial charge is 0.341 e. The zero-order valence-corrected chi connectivity index (χ0v) is 13.4. The molecule has 1 saturated carbocycles. The normalized spacial score (nSPS) is 25.9. The summed E-state index contributed by atoms with van der Waals surface area (Å²) in [7, 11) is 0. The highest BCUT2D eigenvalue weighted by Gasteiger charge is 2.33. The van der Waals surface area contributed by atoms with Gasteiger partial charge in [0.05, 0.1) is 0 Å². The zero-order chi connectivity index (χ0) is 15.6. The number of carbonyl (C=O) groups is 1. The molecule has 0 aliphatic heterocycles. The minimum atomic E-state index is -1.04. The predicted molar refractivity (Wildman–Crippen MR) is 82.0 cm³/mol. The first-order chi connectivity index (χ1) is 9.88. The first-order valence-electron chi connectivity index (χ1n) is 7.45. The first-order valence-corrected chi connectivity index (χ1v) is 7.82. The van der Waals surface area contributed by atoms with Crippen LogP contribution in [0, 0.1) is 17.8 Å². The van der Waals surface area contributed by atoms with Gasteiger partial charge in [-0.1, -0.05) is 38.8 Å². The van der Waals surface area contributed by atoms with Crippen molar-refractivity contribution in [3.05, 3.63) is 22.8 Å². The van der Waals surface area contributed by atoms with E-state index >= 15 is 0 Å². The van der Waals surface area contributed by atoms with Crippen LogP contribution in [0.25, 0.3) is 0 Å². The lowest BCUT2D eigenvalue weighted by Gasteiger charge is -2.37. The average Bonchev–Trinajstić information content (AvgIpc) is 2.38. The summed E-state index contributed by atoms with van der Waals surface area (Å²) in [5.74, 6) is 0.593. The molecule has 1 fully saturated rings. The van der Waals surface area contributed by atoms with Gasteiger partial charge in [0.15, 0.2) is 0 Å². The molecule has 0 radical (unpaired) electrons. The van der Waals surface area contributed by atoms with E-state index in [1.54, 1.807) is 0 Å². The van der Waals surface area contributed by atoms with Gasteiger partial charge in [-0.05, 0) is 42.7 Å². The Bertz CT molecular complexity index is 518. The molecule has 1 aromatic heterocycles. The molecule has 1 aromatic rings. The van der Waals surface area contributed by atoms with Crippen LogP contribution in [0.4, 0.5) is 0 Å². The highest BCUT2D eigenvalue weighted by molar-refractivity contribution is 6.29. The first kappa shape index (κ1) is 16.1. The van der Waals surface area contributed by atoms with Crippen LogP contribution in [0.3, 0.4) is 0 Å². The van der Waals surface area contributed by atoms with Crippen LogP contribution in [0.15, 0.2) is 12.1 Å². The maximum Gasteiger partial charge on any atom is 0.341 e. The lowest BCUT2D eigenvalue weighted by Crippen LogP contribution is -2.37. The number of pyridine rings is 1. The molecular formula is C16H22ClNO3. The Morgan fingerprint density at radius 3 is 2.76 bits per heavy atom. The summed E-state index contributed by atoms with van der Waals surface area (Å²) < 4.78 is 6.00. The van der Waals surface area contributed by atoms with Crippen LogP contribution >= 0.6 is 11.6 Å². The Morgan fingerprint density at radius 2 is 2.14 bits per heavy atom. The molecule has 0 amide bonds. The summed E-state index contributed by atoms with van der Waals surface area (Å²) in [6.07, 6.45) is 3.22. The Kier molecular flexibility index (Phi) is 5.09. The van der Waals surface area contributed by atoms with E-state index in [4.69, 9.17) is 16.3 Å². The number of carboxylic acid groups (broad SMARTS) is 1. The van der Waals surface area contributed by atoms with Crippen molar-refractivity contribution in [2.75, 3.05) is 0 Å². The number of ether oxygens (including phenoxy) is 1. The molecule has 0 bridgehead atoms. The second-order valence-electron chi connectivity index (χ2n) is 6.27. The van der Waals surface area contributed by atoms with Crippen molar-refractivity contribution in [2.24, 2.45) is 17.8 Å². The molecule has 0 spiro atoms. The van der Waals surface area contributed by atoms with Gasteiger partial charge in [-0.2, -0.15) is 0 Å². The summed E-state index contributed by atoms with van der Waals surface area (Å²) in [4.78, 5) is 15.4. The third-order valence-corrected chi connectivity index (χ3v) is 4.49. The van der Waals surface area contributed by atoms with E-state index in [1.807, 2.05) is 0 Å². The fraction of sp³-hybridized carbons (Fsp3) is 0.625. The minimum Gasteiger partial charge on any atom is -0.477 e. The summed E-state index contributed by atoms with van der Waals surface area (Å²) in [5, 5.41) is 9.50. The number of aromatic carboxylic acids is 1. The number of hydrogen-bond acceptors (Lipinski definition) is 3. The molecule has 0 aromatic carbocycles. The van der Waals surface area contributed by atoms with E-state index in [1.165, 1.54) is 18.6 Å². The van der Waals surface area contributed by atoms with Gasteiger partial charge in [0, 0.05) is 0 Å². The van der Waals surface area contributed by atoms with Crippen LogP contribution in [-0.4, -0.2) is 22.2 Å². The van der Waals surface area contributed by atoms with Crippen molar-refractivity contribution in [1.82, 2.24) is 4.98 Å². The second kappa shape index (κ2) is 6.65. The van der Waals surface area contributed by atoms with Gasteiger partial charge >= 0.3 is 5.97 Å². The summed E-state index contributed by atoms with van der Waals surface area (Å²) in [6.45, 7) is 6.57. The maximum atomic E-state index is 11.3. The Balaban J connectivity index is 2.26. The molecule has 1 heterocycles. The van der Waals surface area contributed by atoms with E-state index < -0.39 is 5.97 Å². The summed E-state index contributed by atoms with van der Waals surface area (Å²) in [5.41, 5.74) is 0.0696. The van der Waals surface area contributed by atoms with Crippen molar-refractivity contribution in [2.45, 2.75) is 46.1 Å². The largest absolute Gasteiger partial charge is 0.477 e. The molecule has 3 unspecified atom stereocenters. The second-order valence-corrected chi connectivity index (χ2v) is 6.66. The van der Waals surface area contributed by atoms with Gasteiger partial charge in [-0.25, -0.2) is 9.78 Å². The number of rotatable bonds is 4. The van der Waals surface area contributed by atoms with Gasteiger partial charge in [-0.15, -0.1) is 0 Å². The monoisotopic (exact) mass is 311 g/mol. The van der Waals surface area contributed by atoms with Crippen LogP contribution in [-0.2, 0) is 0 Å². The standard InChI is InChI=1S/C16H22ClNO3/c1-9(2)11-5-4-10(3)8-13(11)21-15-12(16(19)20)6-7-14(17)18-15/h6-7,9-11,13H,4-5,8H2,1-3H3,(H,19,20). The molecule has 4 nitrogen and oxygen atoms in total. The molecule has 3 atom stereocenters. The zero-order valence-electron chi connectivity index (χ0n) is 12.7. The average molecular weight is 312 g/mol. The van der Waals surface area contributed by atoms with Gasteiger partial charge in [0.2, 0.25) is 5.88 Å².